The minimum absolute atomic E-state index is 0.195. The third-order valence-electron chi connectivity index (χ3n) is 12.9. The molecule has 2 N–H and O–H groups in total. The van der Waals surface area contributed by atoms with Gasteiger partial charge in [0.05, 0.1) is 30.6 Å². The lowest BCUT2D eigenvalue weighted by atomic mass is 9.41. The Hall–Kier alpha value is -1.72. The third-order valence-corrected chi connectivity index (χ3v) is 12.9. The van der Waals surface area contributed by atoms with E-state index >= 15 is 0 Å². The number of aliphatic hydroxyl groups excluding tert-OH is 2. The van der Waals surface area contributed by atoms with Crippen LogP contribution in [0.2, 0.25) is 0 Å². The van der Waals surface area contributed by atoms with Gasteiger partial charge in [-0.25, -0.2) is 4.79 Å². The summed E-state index contributed by atoms with van der Waals surface area (Å²) in [5.74, 6) is 3.15. The second-order valence-electron chi connectivity index (χ2n) is 14.5. The van der Waals surface area contributed by atoms with E-state index in [0.29, 0.717) is 47.0 Å². The van der Waals surface area contributed by atoms with E-state index in [1.165, 1.54) is 38.5 Å². The summed E-state index contributed by atoms with van der Waals surface area (Å²) < 4.78 is 5.02. The zero-order valence-electron chi connectivity index (χ0n) is 24.7. The van der Waals surface area contributed by atoms with E-state index in [1.54, 1.807) is 0 Å². The van der Waals surface area contributed by atoms with E-state index in [2.05, 4.69) is 27.7 Å². The molecule has 0 spiro atoms. The van der Waals surface area contributed by atoms with E-state index < -0.39 is 0 Å². The average molecular weight is 536 g/mol. The fourth-order valence-electron chi connectivity index (χ4n) is 11.1. The molecule has 4 aliphatic carbocycles. The summed E-state index contributed by atoms with van der Waals surface area (Å²) in [5, 5.41) is 22.5. The number of nitrogens with zero attached hydrogens (tertiary/aromatic N) is 1. The standard InChI is InChI=1S/C34H49NO4/c1-6-22-28-18-21(36)12-14-34(28,4)27-13-15-33(3)25(10-11-26(33)30(27)31(22)37)19(2)16-20-17-24-23(32(38)39-5)8-7-9-29(24)35-20/h7-9,19,21-22,25-28,30-31,36-37H,6,10-18H2,1-5H3/t19-,21-,22-,25-,26+,27+,28+,30+,31-,33-,34-/m1/s1. The molecule has 1 aromatic carbocycles. The van der Waals surface area contributed by atoms with Crippen molar-refractivity contribution < 1.29 is 19.7 Å². The lowest BCUT2D eigenvalue weighted by Crippen LogP contribution is -2.62. The van der Waals surface area contributed by atoms with Crippen LogP contribution in [-0.4, -0.2) is 41.2 Å². The van der Waals surface area contributed by atoms with Crippen LogP contribution < -0.4 is 0 Å². The Morgan fingerprint density at radius 2 is 1.82 bits per heavy atom. The Morgan fingerprint density at radius 1 is 1.08 bits per heavy atom. The van der Waals surface area contributed by atoms with Crippen LogP contribution in [-0.2, 0) is 11.2 Å². The SMILES string of the molecule is CC[C@H]1[C@@H](O)[C@@H]2[C@H](CC[C@]3(C)[C@@H]([C@H](C)CC4=Nc5cccc(C(=O)OC)c5C4)CC[C@@H]23)[C@@]2(C)CC[C@@H](O)C[C@@H]12. The largest absolute Gasteiger partial charge is 0.465 e. The van der Waals surface area contributed by atoms with E-state index in [1.807, 2.05) is 18.2 Å². The normalized spacial score (nSPS) is 43.5. The van der Waals surface area contributed by atoms with Crippen molar-refractivity contribution >= 4 is 17.4 Å². The Morgan fingerprint density at radius 3 is 2.56 bits per heavy atom. The van der Waals surface area contributed by atoms with Crippen molar-refractivity contribution in [2.75, 3.05) is 7.11 Å². The molecule has 0 radical (unpaired) electrons. The van der Waals surface area contributed by atoms with Gasteiger partial charge in [-0.2, -0.15) is 0 Å². The van der Waals surface area contributed by atoms with Crippen LogP contribution in [0.4, 0.5) is 5.69 Å². The van der Waals surface area contributed by atoms with Gasteiger partial charge in [-0.3, -0.25) is 4.99 Å². The quantitative estimate of drug-likeness (QED) is 0.409. The molecule has 11 atom stereocenters. The number of aliphatic hydroxyl groups is 2. The number of carbonyl (C=O) groups excluding carboxylic acids is 1. The Kier molecular flexibility index (Phi) is 7.02. The van der Waals surface area contributed by atoms with Crippen molar-refractivity contribution in [1.82, 2.24) is 0 Å². The topological polar surface area (TPSA) is 79.1 Å². The maximum atomic E-state index is 12.3. The van der Waals surface area contributed by atoms with Crippen molar-refractivity contribution in [1.29, 1.82) is 0 Å². The molecule has 1 aromatic rings. The van der Waals surface area contributed by atoms with E-state index in [9.17, 15) is 15.0 Å². The number of rotatable bonds is 5. The molecular weight excluding hydrogens is 486 g/mol. The summed E-state index contributed by atoms with van der Waals surface area (Å²) in [5.41, 5.74) is 4.27. The molecular formula is C34H49NO4. The van der Waals surface area contributed by atoms with Crippen LogP contribution in [0.5, 0.6) is 0 Å². The molecule has 1 aliphatic heterocycles. The number of hydrogen-bond acceptors (Lipinski definition) is 5. The highest BCUT2D eigenvalue weighted by Crippen LogP contribution is 2.69. The fourth-order valence-corrected chi connectivity index (χ4v) is 11.1. The summed E-state index contributed by atoms with van der Waals surface area (Å²) >= 11 is 0. The number of benzene rings is 1. The Bertz CT molecular complexity index is 1150. The van der Waals surface area contributed by atoms with Gasteiger partial charge in [0.1, 0.15) is 0 Å². The van der Waals surface area contributed by atoms with Gasteiger partial charge < -0.3 is 14.9 Å². The van der Waals surface area contributed by atoms with Crippen LogP contribution in [0, 0.1) is 52.3 Å². The zero-order valence-corrected chi connectivity index (χ0v) is 24.7. The van der Waals surface area contributed by atoms with E-state index in [4.69, 9.17) is 9.73 Å². The number of esters is 1. The van der Waals surface area contributed by atoms with Gasteiger partial charge >= 0.3 is 5.97 Å². The first kappa shape index (κ1) is 27.4. The minimum Gasteiger partial charge on any atom is -0.465 e. The van der Waals surface area contributed by atoms with E-state index in [-0.39, 0.29) is 29.0 Å². The number of methoxy groups -OCH3 is 1. The number of ether oxygens (including phenoxy) is 1. The molecule has 6 rings (SSSR count). The molecule has 0 aromatic heterocycles. The molecule has 5 aliphatic rings. The van der Waals surface area contributed by atoms with Crippen molar-refractivity contribution in [3.05, 3.63) is 29.3 Å². The van der Waals surface area contributed by atoms with Crippen LogP contribution in [0.25, 0.3) is 0 Å². The van der Waals surface area contributed by atoms with Crippen molar-refractivity contribution in [3.8, 4) is 0 Å². The summed E-state index contributed by atoms with van der Waals surface area (Å²) in [6, 6.07) is 5.77. The van der Waals surface area contributed by atoms with Gasteiger partial charge in [0.2, 0.25) is 0 Å². The molecule has 0 bridgehead atoms. The van der Waals surface area contributed by atoms with Gasteiger partial charge in [-0.05, 0) is 121 Å². The first-order valence-electron chi connectivity index (χ1n) is 15.7. The second-order valence-corrected chi connectivity index (χ2v) is 14.5. The Labute approximate surface area is 234 Å². The minimum atomic E-state index is -0.279. The molecule has 39 heavy (non-hydrogen) atoms. The molecule has 1 heterocycles. The molecule has 4 saturated carbocycles. The lowest BCUT2D eigenvalue weighted by Gasteiger charge is -2.64. The van der Waals surface area contributed by atoms with Gasteiger partial charge in [-0.1, -0.05) is 40.2 Å². The maximum absolute atomic E-state index is 12.3. The van der Waals surface area contributed by atoms with Crippen molar-refractivity contribution in [3.63, 3.8) is 0 Å². The second kappa shape index (κ2) is 9.98. The summed E-state index contributed by atoms with van der Waals surface area (Å²) in [6.45, 7) is 9.74. The van der Waals surface area contributed by atoms with Crippen molar-refractivity contribution in [2.24, 2.45) is 57.2 Å². The highest BCUT2D eigenvalue weighted by Gasteiger charge is 2.64. The molecule has 0 saturated heterocycles. The fraction of sp³-hybridized carbons (Fsp3) is 0.765. The number of carbonyl (C=O) groups is 1. The van der Waals surface area contributed by atoms with Gasteiger partial charge in [0.25, 0.3) is 0 Å². The first-order valence-corrected chi connectivity index (χ1v) is 15.7. The maximum Gasteiger partial charge on any atom is 0.338 e. The molecule has 5 nitrogen and oxygen atoms in total. The molecule has 0 amide bonds. The van der Waals surface area contributed by atoms with Crippen LogP contribution in [0.3, 0.4) is 0 Å². The first-order chi connectivity index (χ1) is 18.6. The van der Waals surface area contributed by atoms with Crippen LogP contribution >= 0.6 is 0 Å². The predicted molar refractivity (Wildman–Crippen MR) is 154 cm³/mol. The van der Waals surface area contributed by atoms with E-state index in [0.717, 1.165) is 49.8 Å². The zero-order chi connectivity index (χ0) is 27.7. The molecule has 4 fully saturated rings. The predicted octanol–water partition coefficient (Wildman–Crippen LogP) is 6.75. The average Bonchev–Trinajstić information content (AvgIpc) is 3.49. The van der Waals surface area contributed by atoms with Crippen molar-refractivity contribution in [2.45, 2.75) is 104 Å². The number of hydrogen-bond donors (Lipinski definition) is 2. The summed E-state index contributed by atoms with van der Waals surface area (Å²) in [6.07, 6.45) is 10.1. The molecule has 214 valence electrons. The molecule has 5 heteroatoms. The molecule has 0 unspecified atom stereocenters. The number of aliphatic imine (C=N–C) groups is 1. The van der Waals surface area contributed by atoms with Gasteiger partial charge in [-0.15, -0.1) is 0 Å². The summed E-state index contributed by atoms with van der Waals surface area (Å²) in [7, 11) is 1.44. The number of fused-ring (bicyclic) bond motifs is 6. The van der Waals surface area contributed by atoms with Crippen LogP contribution in [0.1, 0.15) is 101 Å². The highest BCUT2D eigenvalue weighted by atomic mass is 16.5. The highest BCUT2D eigenvalue weighted by molar-refractivity contribution is 6.00. The van der Waals surface area contributed by atoms with Crippen LogP contribution in [0.15, 0.2) is 23.2 Å². The lowest BCUT2D eigenvalue weighted by molar-refractivity contribution is -0.203. The smallest absolute Gasteiger partial charge is 0.338 e. The third kappa shape index (κ3) is 4.16. The summed E-state index contributed by atoms with van der Waals surface area (Å²) in [4.78, 5) is 17.3. The van der Waals surface area contributed by atoms with Gasteiger partial charge in [0, 0.05) is 12.1 Å². The van der Waals surface area contributed by atoms with Gasteiger partial charge in [0.15, 0.2) is 0 Å². The Balaban J connectivity index is 1.21. The monoisotopic (exact) mass is 535 g/mol.